The van der Waals surface area contributed by atoms with Gasteiger partial charge in [0, 0.05) is 31.5 Å². The van der Waals surface area contributed by atoms with Crippen molar-refractivity contribution in [3.8, 4) is 11.5 Å². The molecule has 6 nitrogen and oxygen atoms in total. The van der Waals surface area contributed by atoms with Gasteiger partial charge in [0.05, 0.1) is 0 Å². The van der Waals surface area contributed by atoms with E-state index in [-0.39, 0.29) is 24.5 Å². The second-order valence-corrected chi connectivity index (χ2v) is 5.43. The Labute approximate surface area is 130 Å². The van der Waals surface area contributed by atoms with Crippen molar-refractivity contribution in [1.82, 2.24) is 10.2 Å². The summed E-state index contributed by atoms with van der Waals surface area (Å²) in [6.45, 7) is 2.37. The maximum atomic E-state index is 12.1. The number of rotatable bonds is 7. The first-order valence-corrected chi connectivity index (χ1v) is 7.40. The molecule has 1 aliphatic rings. The number of carbonyl (C=O) groups excluding carboxylic acids is 2. The topological polar surface area (TPSA) is 67.9 Å². The Kier molecular flexibility index (Phi) is 5.77. The minimum absolute atomic E-state index is 0.0697. The minimum Gasteiger partial charge on any atom is -0.486 e. The Morgan fingerprint density at radius 1 is 1.14 bits per heavy atom. The molecule has 0 aromatic heterocycles. The summed E-state index contributed by atoms with van der Waals surface area (Å²) in [5.74, 6) is 1.07. The van der Waals surface area contributed by atoms with Crippen molar-refractivity contribution < 1.29 is 19.1 Å². The quantitative estimate of drug-likeness (QED) is 0.764. The van der Waals surface area contributed by atoms with E-state index in [1.54, 1.807) is 18.2 Å². The molecule has 120 valence electrons. The lowest BCUT2D eigenvalue weighted by atomic mass is 10.1. The van der Waals surface area contributed by atoms with Crippen LogP contribution in [-0.2, 0) is 4.79 Å². The van der Waals surface area contributed by atoms with E-state index in [1.165, 1.54) is 0 Å². The van der Waals surface area contributed by atoms with Gasteiger partial charge in [-0.2, -0.15) is 0 Å². The van der Waals surface area contributed by atoms with Crippen LogP contribution in [0.3, 0.4) is 0 Å². The number of amides is 1. The van der Waals surface area contributed by atoms with Crippen LogP contribution in [0.5, 0.6) is 11.5 Å². The SMILES string of the molecule is CN(C)CCNC(=O)CCC(=O)c1ccc2c(c1)OCCO2. The number of hydrogen-bond acceptors (Lipinski definition) is 5. The maximum absolute atomic E-state index is 12.1. The van der Waals surface area contributed by atoms with Crippen LogP contribution >= 0.6 is 0 Å². The first-order valence-electron chi connectivity index (χ1n) is 7.40. The monoisotopic (exact) mass is 306 g/mol. The van der Waals surface area contributed by atoms with E-state index < -0.39 is 0 Å². The number of nitrogens with zero attached hydrogens (tertiary/aromatic N) is 1. The minimum atomic E-state index is -0.104. The van der Waals surface area contributed by atoms with Crippen molar-refractivity contribution in [1.29, 1.82) is 0 Å². The molecule has 1 N–H and O–H groups in total. The lowest BCUT2D eigenvalue weighted by Gasteiger charge is -2.18. The average molecular weight is 306 g/mol. The number of carbonyl (C=O) groups is 2. The molecular weight excluding hydrogens is 284 g/mol. The number of likely N-dealkylation sites (N-methyl/N-ethyl adjacent to an activating group) is 1. The Hall–Kier alpha value is -2.08. The van der Waals surface area contributed by atoms with Gasteiger partial charge in [-0.1, -0.05) is 0 Å². The molecule has 0 aliphatic carbocycles. The zero-order valence-electron chi connectivity index (χ0n) is 13.1. The van der Waals surface area contributed by atoms with E-state index in [1.807, 2.05) is 19.0 Å². The molecule has 1 aliphatic heterocycles. The van der Waals surface area contributed by atoms with Crippen LogP contribution in [0, 0.1) is 0 Å². The molecule has 0 unspecified atom stereocenters. The lowest BCUT2D eigenvalue weighted by molar-refractivity contribution is -0.121. The van der Waals surface area contributed by atoms with E-state index in [2.05, 4.69) is 5.32 Å². The van der Waals surface area contributed by atoms with Gasteiger partial charge in [0.1, 0.15) is 13.2 Å². The summed E-state index contributed by atoms with van der Waals surface area (Å²) in [4.78, 5) is 25.8. The molecule has 1 heterocycles. The summed E-state index contributed by atoms with van der Waals surface area (Å²) in [6, 6.07) is 5.12. The molecule has 0 atom stereocenters. The third-order valence-electron chi connectivity index (χ3n) is 3.32. The normalized spacial score (nSPS) is 13.0. The molecule has 0 spiro atoms. The molecule has 0 fully saturated rings. The van der Waals surface area contributed by atoms with Gasteiger partial charge < -0.3 is 19.7 Å². The Balaban J connectivity index is 1.81. The van der Waals surface area contributed by atoms with E-state index in [9.17, 15) is 9.59 Å². The fourth-order valence-corrected chi connectivity index (χ4v) is 2.10. The number of fused-ring (bicyclic) bond motifs is 1. The summed E-state index contributed by atoms with van der Waals surface area (Å²) in [5, 5.41) is 2.79. The Morgan fingerprint density at radius 3 is 2.59 bits per heavy atom. The van der Waals surface area contributed by atoms with E-state index in [0.29, 0.717) is 36.8 Å². The van der Waals surface area contributed by atoms with Gasteiger partial charge in [-0.25, -0.2) is 0 Å². The predicted octanol–water partition coefficient (Wildman–Crippen LogP) is 1.10. The number of Topliss-reactive ketones (excluding diaryl/α,β-unsaturated/α-hetero) is 1. The second kappa shape index (κ2) is 7.79. The molecule has 6 heteroatoms. The highest BCUT2D eigenvalue weighted by Gasteiger charge is 2.15. The van der Waals surface area contributed by atoms with Crippen molar-refractivity contribution in [3.63, 3.8) is 0 Å². The highest BCUT2D eigenvalue weighted by atomic mass is 16.6. The van der Waals surface area contributed by atoms with Crippen molar-refractivity contribution in [2.24, 2.45) is 0 Å². The number of ketones is 1. The van der Waals surface area contributed by atoms with Crippen LogP contribution in [0.15, 0.2) is 18.2 Å². The van der Waals surface area contributed by atoms with Gasteiger partial charge in [-0.3, -0.25) is 9.59 Å². The summed E-state index contributed by atoms with van der Waals surface area (Å²) in [5.41, 5.74) is 0.547. The third-order valence-corrected chi connectivity index (χ3v) is 3.32. The van der Waals surface area contributed by atoms with Crippen molar-refractivity contribution in [2.75, 3.05) is 40.4 Å². The Bertz CT molecular complexity index is 543. The van der Waals surface area contributed by atoms with E-state index in [4.69, 9.17) is 9.47 Å². The van der Waals surface area contributed by atoms with Crippen LogP contribution in [0.2, 0.25) is 0 Å². The van der Waals surface area contributed by atoms with Gasteiger partial charge in [0.25, 0.3) is 0 Å². The molecule has 2 rings (SSSR count). The van der Waals surface area contributed by atoms with Crippen LogP contribution in [0.25, 0.3) is 0 Å². The molecule has 22 heavy (non-hydrogen) atoms. The van der Waals surface area contributed by atoms with Gasteiger partial charge in [0.15, 0.2) is 17.3 Å². The number of benzene rings is 1. The zero-order valence-corrected chi connectivity index (χ0v) is 13.1. The summed E-state index contributed by atoms with van der Waals surface area (Å²) < 4.78 is 10.9. The second-order valence-electron chi connectivity index (χ2n) is 5.43. The molecule has 0 saturated heterocycles. The summed E-state index contributed by atoms with van der Waals surface area (Å²) >= 11 is 0. The van der Waals surface area contributed by atoms with Crippen LogP contribution < -0.4 is 14.8 Å². The number of ether oxygens (including phenoxy) is 2. The standard InChI is InChI=1S/C16H22N2O4/c1-18(2)8-7-17-16(20)6-4-13(19)12-3-5-14-15(11-12)22-10-9-21-14/h3,5,11H,4,6-10H2,1-2H3,(H,17,20). The first-order chi connectivity index (χ1) is 10.6. The Morgan fingerprint density at radius 2 is 1.86 bits per heavy atom. The molecule has 1 amide bonds. The van der Waals surface area contributed by atoms with Gasteiger partial charge in [0.2, 0.25) is 5.91 Å². The molecule has 1 aromatic carbocycles. The van der Waals surface area contributed by atoms with E-state index in [0.717, 1.165) is 6.54 Å². The van der Waals surface area contributed by atoms with Crippen molar-refractivity contribution in [3.05, 3.63) is 23.8 Å². The number of nitrogens with one attached hydrogen (secondary N) is 1. The van der Waals surface area contributed by atoms with Crippen LogP contribution in [0.1, 0.15) is 23.2 Å². The van der Waals surface area contributed by atoms with Crippen LogP contribution in [-0.4, -0.2) is 57.0 Å². The molecule has 0 radical (unpaired) electrons. The fourth-order valence-electron chi connectivity index (χ4n) is 2.10. The lowest BCUT2D eigenvalue weighted by Crippen LogP contribution is -2.31. The maximum Gasteiger partial charge on any atom is 0.220 e. The molecule has 0 saturated carbocycles. The van der Waals surface area contributed by atoms with Gasteiger partial charge in [-0.05, 0) is 32.3 Å². The third kappa shape index (κ3) is 4.73. The highest BCUT2D eigenvalue weighted by Crippen LogP contribution is 2.31. The van der Waals surface area contributed by atoms with Crippen molar-refractivity contribution in [2.45, 2.75) is 12.8 Å². The zero-order chi connectivity index (χ0) is 15.9. The first kappa shape index (κ1) is 16.3. The predicted molar refractivity (Wildman–Crippen MR) is 82.6 cm³/mol. The van der Waals surface area contributed by atoms with E-state index >= 15 is 0 Å². The summed E-state index contributed by atoms with van der Waals surface area (Å²) in [6.07, 6.45) is 0.383. The largest absolute Gasteiger partial charge is 0.486 e. The fraction of sp³-hybridized carbons (Fsp3) is 0.500. The molecule has 1 aromatic rings. The van der Waals surface area contributed by atoms with Crippen molar-refractivity contribution >= 4 is 11.7 Å². The average Bonchev–Trinajstić information content (AvgIpc) is 2.51. The van der Waals surface area contributed by atoms with Gasteiger partial charge >= 0.3 is 0 Å². The van der Waals surface area contributed by atoms with Crippen LogP contribution in [0.4, 0.5) is 0 Å². The molecular formula is C16H22N2O4. The number of hydrogen-bond donors (Lipinski definition) is 1. The smallest absolute Gasteiger partial charge is 0.220 e. The summed E-state index contributed by atoms with van der Waals surface area (Å²) in [7, 11) is 3.88. The molecule has 0 bridgehead atoms. The van der Waals surface area contributed by atoms with Gasteiger partial charge in [-0.15, -0.1) is 0 Å². The highest BCUT2D eigenvalue weighted by molar-refractivity contribution is 5.98.